The van der Waals surface area contributed by atoms with Crippen LogP contribution in [-0.4, -0.2) is 19.7 Å². The second-order valence-corrected chi connectivity index (χ2v) is 6.92. The first-order chi connectivity index (χ1) is 9.92. The molecule has 0 bridgehead atoms. The average Bonchev–Trinajstić information content (AvgIpc) is 2.46. The van der Waals surface area contributed by atoms with Gasteiger partial charge in [0.15, 0.2) is 9.84 Å². The van der Waals surface area contributed by atoms with Crippen LogP contribution in [-0.2, 0) is 22.1 Å². The van der Waals surface area contributed by atoms with Crippen LogP contribution in [0.1, 0.15) is 18.2 Å². The number of pyridine rings is 1. The van der Waals surface area contributed by atoms with Gasteiger partial charge >= 0.3 is 0 Å². The highest BCUT2D eigenvalue weighted by atomic mass is 35.5. The van der Waals surface area contributed by atoms with Gasteiger partial charge in [0.05, 0.1) is 4.90 Å². The minimum Gasteiger partial charge on any atom is -0.439 e. The monoisotopic (exact) mass is 325 g/mol. The zero-order valence-corrected chi connectivity index (χ0v) is 13.4. The van der Waals surface area contributed by atoms with E-state index < -0.39 is 9.84 Å². The molecule has 0 saturated carbocycles. The molecule has 0 saturated heterocycles. The molecule has 1 aromatic heterocycles. The van der Waals surface area contributed by atoms with Gasteiger partial charge < -0.3 is 4.74 Å². The van der Waals surface area contributed by atoms with Gasteiger partial charge in [0.2, 0.25) is 5.88 Å². The summed E-state index contributed by atoms with van der Waals surface area (Å²) in [4.78, 5) is 4.57. The smallest absolute Gasteiger partial charge is 0.219 e. The number of hydrogen-bond donors (Lipinski definition) is 0. The van der Waals surface area contributed by atoms with Crippen LogP contribution >= 0.6 is 11.6 Å². The van der Waals surface area contributed by atoms with Crippen molar-refractivity contribution in [2.45, 2.75) is 24.1 Å². The Morgan fingerprint density at radius 3 is 2.62 bits per heavy atom. The van der Waals surface area contributed by atoms with Crippen molar-refractivity contribution < 1.29 is 13.2 Å². The number of alkyl halides is 1. The predicted molar refractivity (Wildman–Crippen MR) is 82.8 cm³/mol. The first-order valence-electron chi connectivity index (χ1n) is 6.46. The number of halogens is 1. The van der Waals surface area contributed by atoms with Crippen LogP contribution in [0, 0.1) is 0 Å². The number of sulfone groups is 1. The van der Waals surface area contributed by atoms with E-state index in [2.05, 4.69) is 4.98 Å². The molecule has 1 heterocycles. The molecular weight excluding hydrogens is 310 g/mol. The molecule has 0 unspecified atom stereocenters. The Labute approximate surface area is 129 Å². The first-order valence-corrected chi connectivity index (χ1v) is 8.88. The van der Waals surface area contributed by atoms with E-state index >= 15 is 0 Å². The number of aromatic nitrogens is 1. The Morgan fingerprint density at radius 1 is 1.24 bits per heavy atom. The third-order valence-corrected chi connectivity index (χ3v) is 4.31. The van der Waals surface area contributed by atoms with E-state index in [4.69, 9.17) is 16.3 Å². The lowest BCUT2D eigenvalue weighted by Gasteiger charge is -2.09. The number of rotatable bonds is 5. The summed E-state index contributed by atoms with van der Waals surface area (Å²) in [6.07, 6.45) is 1.93. The Kier molecular flexibility index (Phi) is 4.85. The van der Waals surface area contributed by atoms with Gasteiger partial charge in [-0.3, -0.25) is 0 Å². The minimum atomic E-state index is -3.26. The van der Waals surface area contributed by atoms with Gasteiger partial charge in [-0.25, -0.2) is 13.4 Å². The second-order valence-electron chi connectivity index (χ2n) is 4.64. The molecule has 0 N–H and O–H groups in total. The predicted octanol–water partition coefficient (Wildman–Crippen LogP) is 3.58. The Bertz CT molecular complexity index is 722. The molecule has 4 nitrogen and oxygen atoms in total. The number of aryl methyl sites for hydroxylation is 1. The lowest BCUT2D eigenvalue weighted by atomic mass is 10.2. The zero-order chi connectivity index (χ0) is 15.5. The van der Waals surface area contributed by atoms with Crippen LogP contribution in [0.25, 0.3) is 0 Å². The summed E-state index contributed by atoms with van der Waals surface area (Å²) in [5.41, 5.74) is 1.79. The topological polar surface area (TPSA) is 56.3 Å². The largest absolute Gasteiger partial charge is 0.439 e. The van der Waals surface area contributed by atoms with E-state index in [0.717, 1.165) is 23.9 Å². The highest BCUT2D eigenvalue weighted by Gasteiger charge is 2.09. The number of benzene rings is 1. The molecule has 0 aliphatic carbocycles. The fourth-order valence-electron chi connectivity index (χ4n) is 1.82. The highest BCUT2D eigenvalue weighted by Crippen LogP contribution is 2.24. The number of ether oxygens (including phenoxy) is 1. The molecule has 21 heavy (non-hydrogen) atoms. The molecule has 0 spiro atoms. The summed E-state index contributed by atoms with van der Waals surface area (Å²) >= 11 is 5.85. The van der Waals surface area contributed by atoms with Crippen molar-refractivity contribution in [2.24, 2.45) is 0 Å². The van der Waals surface area contributed by atoms with E-state index in [1.165, 1.54) is 12.1 Å². The van der Waals surface area contributed by atoms with Gasteiger partial charge in [-0.15, -0.1) is 11.6 Å². The van der Waals surface area contributed by atoms with E-state index in [-0.39, 0.29) is 4.90 Å². The normalized spacial score (nSPS) is 11.4. The molecule has 0 radical (unpaired) electrons. The summed E-state index contributed by atoms with van der Waals surface area (Å²) in [6.45, 7) is 1.99. The summed E-state index contributed by atoms with van der Waals surface area (Å²) in [7, 11) is -3.26. The van der Waals surface area contributed by atoms with Crippen LogP contribution in [0.2, 0.25) is 0 Å². The second kappa shape index (κ2) is 6.45. The van der Waals surface area contributed by atoms with Gasteiger partial charge in [-0.1, -0.05) is 13.0 Å². The maximum absolute atomic E-state index is 11.5. The molecule has 0 fully saturated rings. The molecule has 2 rings (SSSR count). The van der Waals surface area contributed by atoms with Crippen molar-refractivity contribution in [3.05, 3.63) is 47.7 Å². The third kappa shape index (κ3) is 4.19. The van der Waals surface area contributed by atoms with E-state index in [9.17, 15) is 8.42 Å². The molecule has 0 atom stereocenters. The first kappa shape index (κ1) is 15.8. The van der Waals surface area contributed by atoms with Crippen molar-refractivity contribution in [3.63, 3.8) is 0 Å². The molecule has 0 amide bonds. The average molecular weight is 326 g/mol. The number of nitrogens with zero attached hydrogens (tertiary/aromatic N) is 1. The summed E-state index contributed by atoms with van der Waals surface area (Å²) < 4.78 is 28.8. The van der Waals surface area contributed by atoms with Gasteiger partial charge in [-0.2, -0.15) is 0 Å². The zero-order valence-electron chi connectivity index (χ0n) is 11.8. The standard InChI is InChI=1S/C15H16ClNO3S/c1-3-12-7-11(10-16)8-15(17-12)20-13-5-4-6-14(9-13)21(2,18)19/h4-9H,3,10H2,1-2H3. The van der Waals surface area contributed by atoms with Gasteiger partial charge in [-0.05, 0) is 36.2 Å². The van der Waals surface area contributed by atoms with Crippen LogP contribution in [0.3, 0.4) is 0 Å². The van der Waals surface area contributed by atoms with Gasteiger partial charge in [0.25, 0.3) is 0 Å². The summed E-state index contributed by atoms with van der Waals surface area (Å²) in [5.74, 6) is 1.21. The Morgan fingerprint density at radius 2 is 2.00 bits per heavy atom. The van der Waals surface area contributed by atoms with Crippen LogP contribution < -0.4 is 4.74 Å². The van der Waals surface area contributed by atoms with E-state index in [1.807, 2.05) is 13.0 Å². The third-order valence-electron chi connectivity index (χ3n) is 2.89. The van der Waals surface area contributed by atoms with Crippen molar-refractivity contribution in [1.29, 1.82) is 0 Å². The van der Waals surface area contributed by atoms with Crippen LogP contribution in [0.4, 0.5) is 0 Å². The Balaban J connectivity index is 2.34. The maximum atomic E-state index is 11.5. The van der Waals surface area contributed by atoms with Crippen molar-refractivity contribution in [1.82, 2.24) is 4.98 Å². The summed E-state index contributed by atoms with van der Waals surface area (Å²) in [6, 6.07) is 10.0. The molecule has 6 heteroatoms. The highest BCUT2D eigenvalue weighted by molar-refractivity contribution is 7.90. The quantitative estimate of drug-likeness (QED) is 0.788. The van der Waals surface area contributed by atoms with E-state index in [0.29, 0.717) is 17.5 Å². The molecule has 1 aromatic carbocycles. The fraction of sp³-hybridized carbons (Fsp3) is 0.267. The fourth-order valence-corrected chi connectivity index (χ4v) is 2.63. The molecule has 0 aliphatic heterocycles. The SMILES string of the molecule is CCc1cc(CCl)cc(Oc2cccc(S(C)(=O)=O)c2)n1. The number of hydrogen-bond acceptors (Lipinski definition) is 4. The van der Waals surface area contributed by atoms with Gasteiger partial charge in [0.1, 0.15) is 5.75 Å². The maximum Gasteiger partial charge on any atom is 0.219 e. The van der Waals surface area contributed by atoms with Crippen molar-refractivity contribution in [3.8, 4) is 11.6 Å². The molecule has 112 valence electrons. The van der Waals surface area contributed by atoms with Gasteiger partial charge in [0, 0.05) is 23.9 Å². The summed E-state index contributed by atoms with van der Waals surface area (Å²) in [5, 5.41) is 0. The van der Waals surface area contributed by atoms with Crippen molar-refractivity contribution >= 4 is 21.4 Å². The Hall–Kier alpha value is -1.59. The molecule has 0 aliphatic rings. The molecule has 2 aromatic rings. The van der Waals surface area contributed by atoms with E-state index in [1.54, 1.807) is 18.2 Å². The lowest BCUT2D eigenvalue weighted by molar-refractivity contribution is 0.458. The van der Waals surface area contributed by atoms with Crippen LogP contribution in [0.5, 0.6) is 11.6 Å². The lowest BCUT2D eigenvalue weighted by Crippen LogP contribution is -1.98. The van der Waals surface area contributed by atoms with Crippen molar-refractivity contribution in [2.75, 3.05) is 6.26 Å². The molecular formula is C15H16ClNO3S. The minimum absolute atomic E-state index is 0.212. The van der Waals surface area contributed by atoms with Crippen LogP contribution in [0.15, 0.2) is 41.3 Å².